The van der Waals surface area contributed by atoms with Gasteiger partial charge >= 0.3 is 0 Å². The molecule has 1 aliphatic carbocycles. The molecule has 1 saturated carbocycles. The number of nitrogens with two attached hydrogens (primary N) is 1. The highest BCUT2D eigenvalue weighted by Crippen LogP contribution is 2.26. The van der Waals surface area contributed by atoms with Crippen molar-refractivity contribution in [3.05, 3.63) is 18.0 Å². The van der Waals surface area contributed by atoms with Gasteiger partial charge in [0.05, 0.1) is 18.4 Å². The summed E-state index contributed by atoms with van der Waals surface area (Å²) in [5.74, 6) is 0.539. The monoisotopic (exact) mass is 223 g/mol. The predicted molar refractivity (Wildman–Crippen MR) is 62.8 cm³/mol. The predicted octanol–water partition coefficient (Wildman–Crippen LogP) is 1.45. The van der Waals surface area contributed by atoms with Crippen LogP contribution in [0.3, 0.4) is 0 Å². The topological polar surface area (TPSA) is 53.1 Å². The third-order valence-electron chi connectivity index (χ3n) is 3.36. The second-order valence-electron chi connectivity index (χ2n) is 4.61. The molecule has 1 aromatic rings. The number of hydrogen-bond acceptors (Lipinski definition) is 3. The van der Waals surface area contributed by atoms with Crippen LogP contribution in [0.25, 0.3) is 0 Å². The number of aromatic nitrogens is 2. The Hall–Kier alpha value is -0.870. The number of nitrogens with zero attached hydrogens (tertiary/aromatic N) is 2. The van der Waals surface area contributed by atoms with Gasteiger partial charge in [-0.2, -0.15) is 5.10 Å². The summed E-state index contributed by atoms with van der Waals surface area (Å²) in [6.07, 6.45) is 7.20. The number of ether oxygens (including phenoxy) is 1. The molecule has 1 aliphatic rings. The molecule has 2 N–H and O–H groups in total. The Kier molecular flexibility index (Phi) is 3.96. The van der Waals surface area contributed by atoms with E-state index in [1.165, 1.54) is 19.3 Å². The molecule has 0 amide bonds. The van der Waals surface area contributed by atoms with E-state index in [4.69, 9.17) is 10.5 Å². The molecule has 16 heavy (non-hydrogen) atoms. The maximum absolute atomic E-state index is 5.93. The van der Waals surface area contributed by atoms with E-state index in [9.17, 15) is 0 Å². The Bertz CT molecular complexity index is 324. The Balaban J connectivity index is 1.84. The third-order valence-corrected chi connectivity index (χ3v) is 3.36. The Morgan fingerprint density at radius 1 is 1.50 bits per heavy atom. The van der Waals surface area contributed by atoms with Gasteiger partial charge in [0.15, 0.2) is 0 Å². The quantitative estimate of drug-likeness (QED) is 0.840. The molecule has 2 unspecified atom stereocenters. The zero-order valence-corrected chi connectivity index (χ0v) is 9.93. The second kappa shape index (κ2) is 5.46. The molecule has 1 heterocycles. The van der Waals surface area contributed by atoms with Crippen LogP contribution in [0.5, 0.6) is 0 Å². The van der Waals surface area contributed by atoms with Gasteiger partial charge < -0.3 is 10.5 Å². The van der Waals surface area contributed by atoms with Gasteiger partial charge in [-0.25, -0.2) is 0 Å². The molecule has 0 saturated heterocycles. The van der Waals surface area contributed by atoms with E-state index in [1.807, 2.05) is 19.3 Å². The summed E-state index contributed by atoms with van der Waals surface area (Å²) in [6, 6.07) is 2.00. The Labute approximate surface area is 96.8 Å². The normalized spacial score (nSPS) is 25.9. The van der Waals surface area contributed by atoms with Crippen molar-refractivity contribution in [3.63, 3.8) is 0 Å². The van der Waals surface area contributed by atoms with Crippen molar-refractivity contribution in [2.24, 2.45) is 18.7 Å². The Morgan fingerprint density at radius 2 is 2.31 bits per heavy atom. The third kappa shape index (κ3) is 2.83. The van der Waals surface area contributed by atoms with Crippen molar-refractivity contribution in [2.75, 3.05) is 6.54 Å². The summed E-state index contributed by atoms with van der Waals surface area (Å²) >= 11 is 0. The largest absolute Gasteiger partial charge is 0.372 e. The van der Waals surface area contributed by atoms with E-state index in [0.717, 1.165) is 18.7 Å². The van der Waals surface area contributed by atoms with Crippen molar-refractivity contribution in [1.82, 2.24) is 9.78 Å². The molecule has 0 spiro atoms. The van der Waals surface area contributed by atoms with Gasteiger partial charge in [-0.05, 0) is 31.4 Å². The van der Waals surface area contributed by atoms with Crippen LogP contribution in [-0.2, 0) is 18.4 Å². The maximum atomic E-state index is 5.93. The molecule has 2 rings (SSSR count). The highest BCUT2D eigenvalue weighted by molar-refractivity contribution is 4.96. The van der Waals surface area contributed by atoms with Crippen LogP contribution in [0.15, 0.2) is 12.3 Å². The fraction of sp³-hybridized carbons (Fsp3) is 0.750. The van der Waals surface area contributed by atoms with Crippen LogP contribution in [0.1, 0.15) is 31.4 Å². The van der Waals surface area contributed by atoms with Gasteiger partial charge in [-0.1, -0.05) is 12.8 Å². The zero-order chi connectivity index (χ0) is 11.4. The van der Waals surface area contributed by atoms with Gasteiger partial charge in [-0.3, -0.25) is 4.68 Å². The lowest BCUT2D eigenvalue weighted by Crippen LogP contribution is -2.33. The summed E-state index contributed by atoms with van der Waals surface area (Å²) in [5.41, 5.74) is 6.77. The van der Waals surface area contributed by atoms with Crippen LogP contribution < -0.4 is 5.73 Å². The summed E-state index contributed by atoms with van der Waals surface area (Å²) in [5, 5.41) is 4.31. The first-order valence-corrected chi connectivity index (χ1v) is 6.10. The first-order chi connectivity index (χ1) is 7.79. The maximum Gasteiger partial charge on any atom is 0.0910 e. The minimum Gasteiger partial charge on any atom is -0.372 e. The highest BCUT2D eigenvalue weighted by Gasteiger charge is 2.24. The summed E-state index contributed by atoms with van der Waals surface area (Å²) in [7, 11) is 1.92. The molecule has 0 bridgehead atoms. The first kappa shape index (κ1) is 11.6. The SMILES string of the molecule is Cn1ccc(COC2CCCCC2CN)n1. The molecule has 1 fully saturated rings. The molecule has 4 heteroatoms. The van der Waals surface area contributed by atoms with Crippen molar-refractivity contribution < 1.29 is 4.74 Å². The van der Waals surface area contributed by atoms with E-state index in [-0.39, 0.29) is 0 Å². The fourth-order valence-corrected chi connectivity index (χ4v) is 2.40. The lowest BCUT2D eigenvalue weighted by molar-refractivity contribution is -0.0197. The van der Waals surface area contributed by atoms with E-state index in [1.54, 1.807) is 4.68 Å². The number of hydrogen-bond donors (Lipinski definition) is 1. The molecule has 0 aromatic carbocycles. The van der Waals surface area contributed by atoms with E-state index in [2.05, 4.69) is 5.10 Å². The lowest BCUT2D eigenvalue weighted by atomic mass is 9.86. The van der Waals surface area contributed by atoms with Crippen molar-refractivity contribution in [1.29, 1.82) is 0 Å². The zero-order valence-electron chi connectivity index (χ0n) is 9.93. The summed E-state index contributed by atoms with van der Waals surface area (Å²) in [6.45, 7) is 1.36. The average Bonchev–Trinajstić information content (AvgIpc) is 2.73. The molecule has 1 aromatic heterocycles. The van der Waals surface area contributed by atoms with Crippen molar-refractivity contribution >= 4 is 0 Å². The lowest BCUT2D eigenvalue weighted by Gasteiger charge is -2.30. The average molecular weight is 223 g/mol. The van der Waals surface area contributed by atoms with Crippen LogP contribution >= 0.6 is 0 Å². The first-order valence-electron chi connectivity index (χ1n) is 6.10. The van der Waals surface area contributed by atoms with Gasteiger partial charge in [-0.15, -0.1) is 0 Å². The molecular formula is C12H21N3O. The van der Waals surface area contributed by atoms with Crippen LogP contribution in [0, 0.1) is 5.92 Å². The molecule has 0 aliphatic heterocycles. The number of rotatable bonds is 4. The van der Waals surface area contributed by atoms with Crippen molar-refractivity contribution in [2.45, 2.75) is 38.4 Å². The van der Waals surface area contributed by atoms with Gasteiger partial charge in [0.1, 0.15) is 0 Å². The standard InChI is InChI=1S/C12H21N3O/c1-15-7-6-11(14-15)9-16-12-5-3-2-4-10(12)8-13/h6-7,10,12H,2-5,8-9,13H2,1H3. The Morgan fingerprint density at radius 3 is 3.00 bits per heavy atom. The summed E-state index contributed by atoms with van der Waals surface area (Å²) < 4.78 is 7.74. The minimum atomic E-state index is 0.334. The van der Waals surface area contributed by atoms with Crippen LogP contribution in [-0.4, -0.2) is 22.4 Å². The van der Waals surface area contributed by atoms with Gasteiger partial charge in [0.25, 0.3) is 0 Å². The van der Waals surface area contributed by atoms with Gasteiger partial charge in [0.2, 0.25) is 0 Å². The van der Waals surface area contributed by atoms with Gasteiger partial charge in [0, 0.05) is 13.2 Å². The van der Waals surface area contributed by atoms with Crippen LogP contribution in [0.4, 0.5) is 0 Å². The molecular weight excluding hydrogens is 202 g/mol. The molecule has 4 nitrogen and oxygen atoms in total. The number of aryl methyl sites for hydroxylation is 1. The van der Waals surface area contributed by atoms with Crippen LogP contribution in [0.2, 0.25) is 0 Å². The molecule has 0 radical (unpaired) electrons. The highest BCUT2D eigenvalue weighted by atomic mass is 16.5. The van der Waals surface area contributed by atoms with E-state index in [0.29, 0.717) is 18.6 Å². The van der Waals surface area contributed by atoms with Crippen molar-refractivity contribution in [3.8, 4) is 0 Å². The smallest absolute Gasteiger partial charge is 0.0910 e. The fourth-order valence-electron chi connectivity index (χ4n) is 2.40. The molecule has 2 atom stereocenters. The van der Waals surface area contributed by atoms with E-state index < -0.39 is 0 Å². The molecule has 90 valence electrons. The minimum absolute atomic E-state index is 0.334. The summed E-state index contributed by atoms with van der Waals surface area (Å²) in [4.78, 5) is 0. The second-order valence-corrected chi connectivity index (χ2v) is 4.61. The van der Waals surface area contributed by atoms with E-state index >= 15 is 0 Å².